The van der Waals surface area contributed by atoms with Crippen LogP contribution in [0.1, 0.15) is 10.6 Å². The number of aromatic nitrogens is 2. The molecule has 4 rings (SSSR count). The van der Waals surface area contributed by atoms with Crippen molar-refractivity contribution in [3.05, 3.63) is 70.9 Å². The Labute approximate surface area is 160 Å². The first-order chi connectivity index (χ1) is 13.3. The second kappa shape index (κ2) is 8.01. The highest BCUT2D eigenvalue weighted by Gasteiger charge is 2.19. The van der Waals surface area contributed by atoms with Gasteiger partial charge in [-0.05, 0) is 29.7 Å². The Hall–Kier alpha value is -3.19. The van der Waals surface area contributed by atoms with E-state index in [0.717, 1.165) is 10.6 Å². The van der Waals surface area contributed by atoms with Crippen molar-refractivity contribution in [1.29, 1.82) is 0 Å². The number of hydrogen-bond acceptors (Lipinski definition) is 6. The molecule has 0 N–H and O–H groups in total. The van der Waals surface area contributed by atoms with Crippen molar-refractivity contribution in [2.24, 2.45) is 0 Å². The van der Waals surface area contributed by atoms with Crippen molar-refractivity contribution in [3.8, 4) is 11.5 Å². The molecule has 136 valence electrons. The zero-order valence-electron chi connectivity index (χ0n) is 14.4. The number of nitrogens with zero attached hydrogens (tertiary/aromatic N) is 3. The molecule has 0 atom stereocenters. The first-order valence-corrected chi connectivity index (χ1v) is 9.35. The number of anilines is 1. The lowest BCUT2D eigenvalue weighted by atomic mass is 10.2. The molecule has 2 aromatic heterocycles. The molecular formula is C20H17N3O3S. The minimum absolute atomic E-state index is 0.147. The number of rotatable bonds is 5. The third-order valence-electron chi connectivity index (χ3n) is 3.98. The van der Waals surface area contributed by atoms with Crippen LogP contribution in [0.4, 0.5) is 5.69 Å². The summed E-state index contributed by atoms with van der Waals surface area (Å²) >= 11 is 1.61. The van der Waals surface area contributed by atoms with Crippen LogP contribution in [0.25, 0.3) is 6.08 Å². The summed E-state index contributed by atoms with van der Waals surface area (Å²) in [5.41, 5.74) is 1.38. The van der Waals surface area contributed by atoms with Gasteiger partial charge in [0.1, 0.15) is 13.2 Å². The number of thiophene rings is 1. The SMILES string of the molecule is O=C(/C=C/c1cnccn1)N(Cc1cccs1)c1ccc2c(c1)OCCO2. The molecule has 0 saturated heterocycles. The van der Waals surface area contributed by atoms with Crippen LogP contribution >= 0.6 is 11.3 Å². The van der Waals surface area contributed by atoms with E-state index < -0.39 is 0 Å². The van der Waals surface area contributed by atoms with Gasteiger partial charge in [0.2, 0.25) is 0 Å². The quantitative estimate of drug-likeness (QED) is 0.634. The molecule has 3 heterocycles. The third kappa shape index (κ3) is 4.15. The van der Waals surface area contributed by atoms with Gasteiger partial charge in [-0.1, -0.05) is 6.07 Å². The number of benzene rings is 1. The molecular weight excluding hydrogens is 362 g/mol. The molecule has 1 aromatic carbocycles. The van der Waals surface area contributed by atoms with Crippen molar-refractivity contribution < 1.29 is 14.3 Å². The lowest BCUT2D eigenvalue weighted by Gasteiger charge is -2.24. The van der Waals surface area contributed by atoms with Crippen molar-refractivity contribution in [2.75, 3.05) is 18.1 Å². The van der Waals surface area contributed by atoms with Gasteiger partial charge in [0.15, 0.2) is 11.5 Å². The fourth-order valence-corrected chi connectivity index (χ4v) is 3.39. The summed E-state index contributed by atoms with van der Waals surface area (Å²) in [4.78, 5) is 23.9. The molecule has 7 heteroatoms. The van der Waals surface area contributed by atoms with Crippen molar-refractivity contribution in [3.63, 3.8) is 0 Å². The summed E-state index contributed by atoms with van der Waals surface area (Å²) in [5.74, 6) is 1.20. The highest BCUT2D eigenvalue weighted by molar-refractivity contribution is 7.09. The molecule has 0 unspecified atom stereocenters. The van der Waals surface area contributed by atoms with E-state index >= 15 is 0 Å². The maximum Gasteiger partial charge on any atom is 0.251 e. The normalized spacial score (nSPS) is 12.9. The molecule has 0 bridgehead atoms. The molecule has 0 fully saturated rings. The van der Waals surface area contributed by atoms with E-state index in [2.05, 4.69) is 9.97 Å². The minimum atomic E-state index is -0.147. The first kappa shape index (κ1) is 17.2. The molecule has 1 aliphatic heterocycles. The van der Waals surface area contributed by atoms with Crippen LogP contribution in [0.5, 0.6) is 11.5 Å². The molecule has 1 amide bonds. The predicted molar refractivity (Wildman–Crippen MR) is 104 cm³/mol. The highest BCUT2D eigenvalue weighted by atomic mass is 32.1. The summed E-state index contributed by atoms with van der Waals surface area (Å²) in [6.45, 7) is 1.51. The standard InChI is InChI=1S/C20H17N3O3S/c24-20(6-3-15-13-21-7-8-22-15)23(14-17-2-1-11-27-17)16-4-5-18-19(12-16)26-10-9-25-18/h1-8,11-13H,9-10,14H2/b6-3+. The van der Waals surface area contributed by atoms with E-state index in [0.29, 0.717) is 37.0 Å². The molecule has 0 saturated carbocycles. The lowest BCUT2D eigenvalue weighted by Crippen LogP contribution is -2.28. The Morgan fingerprint density at radius 2 is 2.07 bits per heavy atom. The van der Waals surface area contributed by atoms with Gasteiger partial charge >= 0.3 is 0 Å². The average molecular weight is 379 g/mol. The topological polar surface area (TPSA) is 64.6 Å². The molecule has 27 heavy (non-hydrogen) atoms. The third-order valence-corrected chi connectivity index (χ3v) is 4.84. The average Bonchev–Trinajstić information content (AvgIpc) is 3.24. The van der Waals surface area contributed by atoms with Crippen molar-refractivity contribution in [2.45, 2.75) is 6.54 Å². The van der Waals surface area contributed by atoms with Crippen molar-refractivity contribution in [1.82, 2.24) is 9.97 Å². The van der Waals surface area contributed by atoms with Crippen LogP contribution in [0, 0.1) is 0 Å². The van der Waals surface area contributed by atoms with Gasteiger partial charge in [-0.25, -0.2) is 0 Å². The first-order valence-electron chi connectivity index (χ1n) is 8.47. The maximum absolute atomic E-state index is 12.9. The van der Waals surface area contributed by atoms with Gasteiger partial charge < -0.3 is 14.4 Å². The summed E-state index contributed by atoms with van der Waals surface area (Å²) < 4.78 is 11.2. The van der Waals surface area contributed by atoms with Gasteiger partial charge in [-0.3, -0.25) is 14.8 Å². The Kier molecular flexibility index (Phi) is 5.11. The maximum atomic E-state index is 12.9. The zero-order valence-corrected chi connectivity index (χ0v) is 15.3. The fraction of sp³-hybridized carbons (Fsp3) is 0.150. The number of ether oxygens (including phenoxy) is 2. The second-order valence-electron chi connectivity index (χ2n) is 5.80. The second-order valence-corrected chi connectivity index (χ2v) is 6.83. The minimum Gasteiger partial charge on any atom is -0.486 e. The van der Waals surface area contributed by atoms with E-state index in [1.54, 1.807) is 40.9 Å². The van der Waals surface area contributed by atoms with Crippen molar-refractivity contribution >= 4 is 29.0 Å². The number of amides is 1. The Morgan fingerprint density at radius 1 is 1.19 bits per heavy atom. The zero-order chi connectivity index (χ0) is 18.5. The van der Waals surface area contributed by atoms with E-state index in [-0.39, 0.29) is 5.91 Å². The largest absolute Gasteiger partial charge is 0.486 e. The van der Waals surface area contributed by atoms with Crippen LogP contribution in [-0.2, 0) is 11.3 Å². The summed E-state index contributed by atoms with van der Waals surface area (Å²) in [7, 11) is 0. The highest BCUT2D eigenvalue weighted by Crippen LogP contribution is 2.34. The van der Waals surface area contributed by atoms with E-state index in [4.69, 9.17) is 9.47 Å². The van der Waals surface area contributed by atoms with E-state index in [9.17, 15) is 4.79 Å². The lowest BCUT2D eigenvalue weighted by molar-refractivity contribution is -0.114. The van der Waals surface area contributed by atoms with Gasteiger partial charge in [-0.15, -0.1) is 11.3 Å². The van der Waals surface area contributed by atoms with Gasteiger partial charge in [0.05, 0.1) is 18.4 Å². The number of carbonyl (C=O) groups excluding carboxylic acids is 1. The summed E-state index contributed by atoms with van der Waals surface area (Å²) in [6, 6.07) is 9.54. The van der Waals surface area contributed by atoms with Gasteiger partial charge in [0.25, 0.3) is 5.91 Å². The Balaban J connectivity index is 1.62. The Bertz CT molecular complexity index is 942. The summed E-state index contributed by atoms with van der Waals surface area (Å²) in [5, 5.41) is 2.00. The van der Waals surface area contributed by atoms with Crippen LogP contribution in [0.2, 0.25) is 0 Å². The molecule has 0 radical (unpaired) electrons. The summed E-state index contributed by atoms with van der Waals surface area (Å²) in [6.07, 6.45) is 7.96. The van der Waals surface area contributed by atoms with Crippen LogP contribution in [0.15, 0.2) is 60.4 Å². The fourth-order valence-electron chi connectivity index (χ4n) is 2.70. The number of hydrogen-bond donors (Lipinski definition) is 0. The molecule has 1 aliphatic rings. The smallest absolute Gasteiger partial charge is 0.251 e. The van der Waals surface area contributed by atoms with E-state index in [1.165, 1.54) is 6.08 Å². The molecule has 3 aromatic rings. The van der Waals surface area contributed by atoms with Crippen LogP contribution in [0.3, 0.4) is 0 Å². The monoisotopic (exact) mass is 379 g/mol. The van der Waals surface area contributed by atoms with Crippen LogP contribution < -0.4 is 14.4 Å². The molecule has 6 nitrogen and oxygen atoms in total. The number of carbonyl (C=O) groups is 1. The molecule has 0 aliphatic carbocycles. The van der Waals surface area contributed by atoms with E-state index in [1.807, 2.05) is 35.7 Å². The van der Waals surface area contributed by atoms with Crippen LogP contribution in [-0.4, -0.2) is 29.1 Å². The molecule has 0 spiro atoms. The van der Waals surface area contributed by atoms with Gasteiger partial charge in [0, 0.05) is 35.1 Å². The Morgan fingerprint density at radius 3 is 2.85 bits per heavy atom. The number of fused-ring (bicyclic) bond motifs is 1. The predicted octanol–water partition coefficient (Wildman–Crippen LogP) is 3.56. The van der Waals surface area contributed by atoms with Gasteiger partial charge in [-0.2, -0.15) is 0 Å².